The first-order chi connectivity index (χ1) is 8.99. The molecule has 1 rings (SSSR count). The minimum absolute atomic E-state index is 0.167. The highest BCUT2D eigenvalue weighted by Crippen LogP contribution is 2.25. The number of nitrogens with zero attached hydrogens (tertiary/aromatic N) is 1. The van der Waals surface area contributed by atoms with E-state index in [9.17, 15) is 13.2 Å². The van der Waals surface area contributed by atoms with E-state index in [4.69, 9.17) is 0 Å². The Balaban J connectivity index is 2.65. The minimum atomic E-state index is -3.36. The molecule has 0 bridgehead atoms. The molecule has 0 aromatic rings. The molecule has 0 amide bonds. The molecule has 0 N–H and O–H groups in total. The Bertz CT molecular complexity index is 374. The van der Waals surface area contributed by atoms with Crippen LogP contribution < -0.4 is 0 Å². The molecule has 5 nitrogen and oxygen atoms in total. The van der Waals surface area contributed by atoms with Crippen molar-refractivity contribution in [3.63, 3.8) is 0 Å². The maximum absolute atomic E-state index is 12.4. The number of rotatable bonds is 7. The van der Waals surface area contributed by atoms with Crippen molar-refractivity contribution in [2.24, 2.45) is 5.92 Å². The predicted octanol–water partition coefficient (Wildman–Crippen LogP) is 1.78. The Hall–Kier alpha value is -0.620. The lowest BCUT2D eigenvalue weighted by atomic mass is 9.91. The van der Waals surface area contributed by atoms with Crippen molar-refractivity contribution in [3.8, 4) is 0 Å². The lowest BCUT2D eigenvalue weighted by Gasteiger charge is -2.26. The molecule has 0 aromatic carbocycles. The molecule has 112 valence electrons. The normalized spacial score (nSPS) is 17.6. The summed E-state index contributed by atoms with van der Waals surface area (Å²) in [6.07, 6.45) is 6.10. The number of carbonyl (C=O) groups excluding carboxylic acids is 1. The molecule has 0 radical (unpaired) electrons. The topological polar surface area (TPSA) is 63.7 Å². The van der Waals surface area contributed by atoms with E-state index in [1.54, 1.807) is 0 Å². The zero-order valence-corrected chi connectivity index (χ0v) is 12.7. The molecule has 19 heavy (non-hydrogen) atoms. The van der Waals surface area contributed by atoms with Gasteiger partial charge in [-0.15, -0.1) is 0 Å². The average molecular weight is 291 g/mol. The third-order valence-corrected chi connectivity index (χ3v) is 5.56. The van der Waals surface area contributed by atoms with Gasteiger partial charge in [0, 0.05) is 6.54 Å². The lowest BCUT2D eigenvalue weighted by Crippen LogP contribution is -2.40. The summed E-state index contributed by atoms with van der Waals surface area (Å²) in [6.45, 7) is 2.12. The Morgan fingerprint density at radius 3 is 2.42 bits per heavy atom. The molecule has 1 saturated carbocycles. The number of esters is 1. The van der Waals surface area contributed by atoms with E-state index in [0.717, 1.165) is 25.7 Å². The number of ether oxygens (including phenoxy) is 1. The van der Waals surface area contributed by atoms with E-state index in [-0.39, 0.29) is 18.2 Å². The Labute approximate surface area is 116 Å². The Kier molecular flexibility index (Phi) is 6.79. The fourth-order valence-corrected chi connectivity index (χ4v) is 4.43. The standard InChI is InChI=1S/C13H25NO4S/c1-3-9-14(10-13(15)18-2)19(16,17)11-12-7-5-4-6-8-12/h12H,3-11H2,1-2H3. The second-order valence-corrected chi connectivity index (χ2v) is 7.21. The molecule has 0 aliphatic heterocycles. The maximum atomic E-state index is 12.4. The highest BCUT2D eigenvalue weighted by Gasteiger charge is 2.28. The first-order valence-corrected chi connectivity index (χ1v) is 8.65. The van der Waals surface area contributed by atoms with Crippen LogP contribution in [0.4, 0.5) is 0 Å². The predicted molar refractivity (Wildman–Crippen MR) is 74.2 cm³/mol. The van der Waals surface area contributed by atoms with Crippen LogP contribution in [0.2, 0.25) is 0 Å². The monoisotopic (exact) mass is 291 g/mol. The summed E-state index contributed by atoms with van der Waals surface area (Å²) in [7, 11) is -2.08. The summed E-state index contributed by atoms with van der Waals surface area (Å²) in [6, 6.07) is 0. The summed E-state index contributed by atoms with van der Waals surface area (Å²) in [5.74, 6) is -0.0827. The zero-order chi connectivity index (χ0) is 14.3. The second kappa shape index (κ2) is 7.85. The van der Waals surface area contributed by atoms with Crippen molar-refractivity contribution in [1.29, 1.82) is 0 Å². The summed E-state index contributed by atoms with van der Waals surface area (Å²) in [5, 5.41) is 0. The van der Waals surface area contributed by atoms with E-state index < -0.39 is 16.0 Å². The quantitative estimate of drug-likeness (QED) is 0.671. The Morgan fingerprint density at radius 2 is 1.89 bits per heavy atom. The SMILES string of the molecule is CCCN(CC(=O)OC)S(=O)(=O)CC1CCCCC1. The molecule has 0 aromatic heterocycles. The van der Waals surface area contributed by atoms with Crippen LogP contribution in [-0.4, -0.2) is 44.6 Å². The summed E-state index contributed by atoms with van der Waals surface area (Å²) in [4.78, 5) is 11.3. The molecular formula is C13H25NO4S. The minimum Gasteiger partial charge on any atom is -0.468 e. The van der Waals surface area contributed by atoms with E-state index in [0.29, 0.717) is 13.0 Å². The van der Waals surface area contributed by atoms with Gasteiger partial charge in [-0.3, -0.25) is 4.79 Å². The first kappa shape index (κ1) is 16.4. The van der Waals surface area contributed by atoms with Crippen LogP contribution in [-0.2, 0) is 19.6 Å². The van der Waals surface area contributed by atoms with Crippen LogP contribution in [0.15, 0.2) is 0 Å². The molecular weight excluding hydrogens is 266 g/mol. The number of sulfonamides is 1. The molecule has 0 spiro atoms. The van der Waals surface area contributed by atoms with Crippen molar-refractivity contribution in [3.05, 3.63) is 0 Å². The highest BCUT2D eigenvalue weighted by atomic mass is 32.2. The van der Waals surface area contributed by atoms with Crippen molar-refractivity contribution in [2.75, 3.05) is 26.0 Å². The van der Waals surface area contributed by atoms with Crippen LogP contribution in [0.25, 0.3) is 0 Å². The number of methoxy groups -OCH3 is 1. The van der Waals surface area contributed by atoms with Gasteiger partial charge in [0.25, 0.3) is 0 Å². The van der Waals surface area contributed by atoms with Gasteiger partial charge in [-0.2, -0.15) is 4.31 Å². The highest BCUT2D eigenvalue weighted by molar-refractivity contribution is 7.89. The van der Waals surface area contributed by atoms with Crippen molar-refractivity contribution in [1.82, 2.24) is 4.31 Å². The van der Waals surface area contributed by atoms with Gasteiger partial charge in [0.15, 0.2) is 0 Å². The van der Waals surface area contributed by atoms with Gasteiger partial charge < -0.3 is 4.74 Å². The lowest BCUT2D eigenvalue weighted by molar-refractivity contribution is -0.140. The van der Waals surface area contributed by atoms with Gasteiger partial charge in [-0.1, -0.05) is 26.2 Å². The summed E-state index contributed by atoms with van der Waals surface area (Å²) in [5.41, 5.74) is 0. The first-order valence-electron chi connectivity index (χ1n) is 7.04. The van der Waals surface area contributed by atoms with Gasteiger partial charge in [0.05, 0.1) is 12.9 Å². The van der Waals surface area contributed by atoms with Crippen LogP contribution in [0.1, 0.15) is 45.4 Å². The van der Waals surface area contributed by atoms with Gasteiger partial charge in [-0.25, -0.2) is 8.42 Å². The van der Waals surface area contributed by atoms with Crippen molar-refractivity contribution in [2.45, 2.75) is 45.4 Å². The molecule has 6 heteroatoms. The third kappa shape index (κ3) is 5.48. The van der Waals surface area contributed by atoms with E-state index in [1.165, 1.54) is 17.8 Å². The maximum Gasteiger partial charge on any atom is 0.321 e. The van der Waals surface area contributed by atoms with Gasteiger partial charge in [-0.05, 0) is 25.2 Å². The molecule has 0 heterocycles. The Morgan fingerprint density at radius 1 is 1.26 bits per heavy atom. The van der Waals surface area contributed by atoms with Gasteiger partial charge >= 0.3 is 5.97 Å². The van der Waals surface area contributed by atoms with Crippen molar-refractivity contribution >= 4 is 16.0 Å². The number of carbonyl (C=O) groups is 1. The van der Waals surface area contributed by atoms with Crippen LogP contribution in [0.3, 0.4) is 0 Å². The van der Waals surface area contributed by atoms with E-state index >= 15 is 0 Å². The van der Waals surface area contributed by atoms with Crippen LogP contribution in [0.5, 0.6) is 0 Å². The van der Waals surface area contributed by atoms with Crippen molar-refractivity contribution < 1.29 is 17.9 Å². The largest absolute Gasteiger partial charge is 0.468 e. The summed E-state index contributed by atoms with van der Waals surface area (Å²) >= 11 is 0. The van der Waals surface area contributed by atoms with E-state index in [2.05, 4.69) is 4.74 Å². The third-order valence-electron chi connectivity index (χ3n) is 3.57. The molecule has 1 fully saturated rings. The molecule has 0 saturated heterocycles. The summed E-state index contributed by atoms with van der Waals surface area (Å²) < 4.78 is 30.6. The molecule has 0 atom stereocenters. The fraction of sp³-hybridized carbons (Fsp3) is 0.923. The van der Waals surface area contributed by atoms with Gasteiger partial charge in [0.2, 0.25) is 10.0 Å². The van der Waals surface area contributed by atoms with E-state index in [1.807, 2.05) is 6.92 Å². The molecule has 1 aliphatic carbocycles. The molecule has 1 aliphatic rings. The van der Waals surface area contributed by atoms with Crippen LogP contribution in [0, 0.1) is 5.92 Å². The van der Waals surface area contributed by atoms with Crippen LogP contribution >= 0.6 is 0 Å². The number of hydrogen-bond acceptors (Lipinski definition) is 4. The fourth-order valence-electron chi connectivity index (χ4n) is 2.53. The van der Waals surface area contributed by atoms with Gasteiger partial charge in [0.1, 0.15) is 6.54 Å². The average Bonchev–Trinajstić information content (AvgIpc) is 2.38. The zero-order valence-electron chi connectivity index (χ0n) is 11.9. The molecule has 0 unspecified atom stereocenters. The number of hydrogen-bond donors (Lipinski definition) is 0. The second-order valence-electron chi connectivity index (χ2n) is 5.19. The smallest absolute Gasteiger partial charge is 0.321 e.